The van der Waals surface area contributed by atoms with Gasteiger partial charge in [-0.1, -0.05) is 13.8 Å². The lowest BCUT2D eigenvalue weighted by Gasteiger charge is -2.36. The number of hydrogen-bond donors (Lipinski definition) is 1. The van der Waals surface area contributed by atoms with Crippen molar-refractivity contribution in [3.8, 4) is 0 Å². The Kier molecular flexibility index (Phi) is 7.81. The van der Waals surface area contributed by atoms with Crippen molar-refractivity contribution in [3.05, 3.63) is 0 Å². The van der Waals surface area contributed by atoms with E-state index in [1.165, 1.54) is 0 Å². The summed E-state index contributed by atoms with van der Waals surface area (Å²) in [5, 5.41) is 0. The molecule has 0 aromatic rings. The summed E-state index contributed by atoms with van der Waals surface area (Å²) in [4.78, 5) is 29.1. The SMILES string of the molecule is CCC(C)C(=O)N1CCCC(C(=O)N2CC(CN)CC2C)C1.Cl. The quantitative estimate of drug-likeness (QED) is 0.846. The molecule has 0 bridgehead atoms. The first kappa shape index (κ1) is 20.2. The summed E-state index contributed by atoms with van der Waals surface area (Å²) in [5.74, 6) is 0.890. The van der Waals surface area contributed by atoms with Crippen molar-refractivity contribution < 1.29 is 9.59 Å². The smallest absolute Gasteiger partial charge is 0.227 e. The lowest BCUT2D eigenvalue weighted by molar-refractivity contribution is -0.143. The molecule has 4 atom stereocenters. The van der Waals surface area contributed by atoms with E-state index in [-0.39, 0.29) is 42.1 Å². The Morgan fingerprint density at radius 1 is 1.30 bits per heavy atom. The third kappa shape index (κ3) is 4.60. The van der Waals surface area contributed by atoms with Crippen LogP contribution in [0.3, 0.4) is 0 Å². The zero-order valence-electron chi connectivity index (χ0n) is 14.7. The first-order chi connectivity index (χ1) is 10.5. The number of piperidine rings is 1. The van der Waals surface area contributed by atoms with E-state index < -0.39 is 0 Å². The number of carbonyl (C=O) groups is 2. The molecule has 2 fully saturated rings. The van der Waals surface area contributed by atoms with Crippen molar-refractivity contribution in [1.29, 1.82) is 0 Å². The number of hydrogen-bond acceptors (Lipinski definition) is 3. The Bertz CT molecular complexity index is 419. The second-order valence-corrected chi connectivity index (χ2v) is 7.11. The van der Waals surface area contributed by atoms with Crippen molar-refractivity contribution in [2.75, 3.05) is 26.2 Å². The average molecular weight is 346 g/mol. The highest BCUT2D eigenvalue weighted by molar-refractivity contribution is 5.85. The van der Waals surface area contributed by atoms with Crippen LogP contribution in [0.2, 0.25) is 0 Å². The molecule has 0 spiro atoms. The van der Waals surface area contributed by atoms with Gasteiger partial charge in [0.15, 0.2) is 0 Å². The zero-order valence-corrected chi connectivity index (χ0v) is 15.5. The van der Waals surface area contributed by atoms with Crippen LogP contribution in [0.1, 0.15) is 46.5 Å². The second-order valence-electron chi connectivity index (χ2n) is 7.11. The molecule has 2 amide bonds. The van der Waals surface area contributed by atoms with Crippen LogP contribution in [-0.4, -0.2) is 53.8 Å². The largest absolute Gasteiger partial charge is 0.342 e. The van der Waals surface area contributed by atoms with Gasteiger partial charge in [-0.25, -0.2) is 0 Å². The van der Waals surface area contributed by atoms with E-state index in [9.17, 15) is 9.59 Å². The van der Waals surface area contributed by atoms with E-state index in [0.29, 0.717) is 19.0 Å². The summed E-state index contributed by atoms with van der Waals surface area (Å²) in [5.41, 5.74) is 5.76. The summed E-state index contributed by atoms with van der Waals surface area (Å²) < 4.78 is 0. The van der Waals surface area contributed by atoms with Crippen molar-refractivity contribution >= 4 is 24.2 Å². The van der Waals surface area contributed by atoms with Crippen LogP contribution >= 0.6 is 12.4 Å². The van der Waals surface area contributed by atoms with Gasteiger partial charge in [-0.05, 0) is 45.1 Å². The van der Waals surface area contributed by atoms with Crippen molar-refractivity contribution in [2.45, 2.75) is 52.5 Å². The summed E-state index contributed by atoms with van der Waals surface area (Å²) in [6, 6.07) is 0.279. The van der Waals surface area contributed by atoms with E-state index in [1.54, 1.807) is 0 Å². The minimum atomic E-state index is -0.0271. The molecule has 2 N–H and O–H groups in total. The third-order valence-electron chi connectivity index (χ3n) is 5.39. The molecule has 2 aliphatic rings. The summed E-state index contributed by atoms with van der Waals surface area (Å²) >= 11 is 0. The number of rotatable bonds is 4. The first-order valence-corrected chi connectivity index (χ1v) is 8.77. The number of likely N-dealkylation sites (tertiary alicyclic amines) is 2. The van der Waals surface area contributed by atoms with Gasteiger partial charge in [0.05, 0.1) is 5.92 Å². The lowest BCUT2D eigenvalue weighted by atomic mass is 9.94. The Morgan fingerprint density at radius 3 is 2.57 bits per heavy atom. The minimum absolute atomic E-state index is 0. The summed E-state index contributed by atoms with van der Waals surface area (Å²) in [6.45, 7) is 8.95. The van der Waals surface area contributed by atoms with Crippen LogP contribution in [0.5, 0.6) is 0 Å². The van der Waals surface area contributed by atoms with Crippen molar-refractivity contribution in [1.82, 2.24) is 9.80 Å². The molecule has 0 radical (unpaired) electrons. The fourth-order valence-electron chi connectivity index (χ4n) is 3.72. The molecule has 0 saturated carbocycles. The standard InChI is InChI=1S/C17H31N3O2.ClH/c1-4-12(2)16(21)19-7-5-6-15(11-19)17(22)20-10-14(9-18)8-13(20)3;/h12-15H,4-11,18H2,1-3H3;1H. The van der Waals surface area contributed by atoms with E-state index in [4.69, 9.17) is 5.73 Å². The second kappa shape index (κ2) is 8.88. The Hall–Kier alpha value is -0.810. The van der Waals surface area contributed by atoms with Gasteiger partial charge in [-0.2, -0.15) is 0 Å². The minimum Gasteiger partial charge on any atom is -0.342 e. The average Bonchev–Trinajstić information content (AvgIpc) is 2.93. The molecule has 2 rings (SSSR count). The maximum atomic E-state index is 12.8. The highest BCUT2D eigenvalue weighted by atomic mass is 35.5. The van der Waals surface area contributed by atoms with Crippen LogP contribution in [0.15, 0.2) is 0 Å². The molecule has 0 aliphatic carbocycles. The molecule has 134 valence electrons. The van der Waals surface area contributed by atoms with Crippen LogP contribution in [-0.2, 0) is 9.59 Å². The van der Waals surface area contributed by atoms with Gasteiger partial charge in [0.25, 0.3) is 0 Å². The van der Waals surface area contributed by atoms with Gasteiger partial charge in [-0.3, -0.25) is 9.59 Å². The third-order valence-corrected chi connectivity index (χ3v) is 5.39. The molecule has 23 heavy (non-hydrogen) atoms. The number of amides is 2. The Balaban J connectivity index is 0.00000264. The molecule has 6 heteroatoms. The lowest BCUT2D eigenvalue weighted by Crippen LogP contribution is -2.48. The number of nitrogens with two attached hydrogens (primary N) is 1. The van der Waals surface area contributed by atoms with E-state index >= 15 is 0 Å². The van der Waals surface area contributed by atoms with Gasteiger partial charge in [0.2, 0.25) is 11.8 Å². The number of halogens is 1. The maximum Gasteiger partial charge on any atom is 0.227 e. The molecular weight excluding hydrogens is 314 g/mol. The Labute approximate surface area is 146 Å². The van der Waals surface area contributed by atoms with Gasteiger partial charge in [0, 0.05) is 31.6 Å². The first-order valence-electron chi connectivity index (χ1n) is 8.77. The summed E-state index contributed by atoms with van der Waals surface area (Å²) in [6.07, 6.45) is 3.69. The molecule has 0 aromatic heterocycles. The molecule has 2 aliphatic heterocycles. The van der Waals surface area contributed by atoms with E-state index in [0.717, 1.165) is 38.8 Å². The number of carbonyl (C=O) groups excluding carboxylic acids is 2. The van der Waals surface area contributed by atoms with Crippen LogP contribution < -0.4 is 5.73 Å². The van der Waals surface area contributed by atoms with Gasteiger partial charge >= 0.3 is 0 Å². The van der Waals surface area contributed by atoms with E-state index in [1.807, 2.05) is 23.6 Å². The maximum absolute atomic E-state index is 12.8. The normalized spacial score (nSPS) is 29.1. The highest BCUT2D eigenvalue weighted by Gasteiger charge is 2.37. The zero-order chi connectivity index (χ0) is 16.3. The van der Waals surface area contributed by atoms with Crippen LogP contribution in [0.25, 0.3) is 0 Å². The molecule has 2 heterocycles. The molecule has 2 saturated heterocycles. The monoisotopic (exact) mass is 345 g/mol. The predicted molar refractivity (Wildman–Crippen MR) is 94.3 cm³/mol. The fourth-order valence-corrected chi connectivity index (χ4v) is 3.72. The van der Waals surface area contributed by atoms with Gasteiger partial charge in [0.1, 0.15) is 0 Å². The van der Waals surface area contributed by atoms with E-state index in [2.05, 4.69) is 6.92 Å². The number of nitrogens with zero attached hydrogens (tertiary/aromatic N) is 2. The predicted octanol–water partition coefficient (Wildman–Crippen LogP) is 1.89. The van der Waals surface area contributed by atoms with Crippen molar-refractivity contribution in [3.63, 3.8) is 0 Å². The molecule has 0 aromatic carbocycles. The van der Waals surface area contributed by atoms with Gasteiger partial charge < -0.3 is 15.5 Å². The fraction of sp³-hybridized carbons (Fsp3) is 0.882. The van der Waals surface area contributed by atoms with Crippen LogP contribution in [0.4, 0.5) is 0 Å². The highest BCUT2D eigenvalue weighted by Crippen LogP contribution is 2.27. The molecular formula is C17H32ClN3O2. The molecule has 5 nitrogen and oxygen atoms in total. The van der Waals surface area contributed by atoms with Gasteiger partial charge in [-0.15, -0.1) is 12.4 Å². The molecule has 4 unspecified atom stereocenters. The van der Waals surface area contributed by atoms with Crippen LogP contribution in [0, 0.1) is 17.8 Å². The topological polar surface area (TPSA) is 66.6 Å². The summed E-state index contributed by atoms with van der Waals surface area (Å²) in [7, 11) is 0. The van der Waals surface area contributed by atoms with Crippen molar-refractivity contribution in [2.24, 2.45) is 23.5 Å². The Morgan fingerprint density at radius 2 is 2.00 bits per heavy atom.